The van der Waals surface area contributed by atoms with Crippen LogP contribution in [0.1, 0.15) is 5.56 Å². The van der Waals surface area contributed by atoms with Crippen molar-refractivity contribution in [3.8, 4) is 5.75 Å². The van der Waals surface area contributed by atoms with Crippen molar-refractivity contribution in [2.75, 3.05) is 20.2 Å². The van der Waals surface area contributed by atoms with E-state index in [1.54, 1.807) is 0 Å². The topological polar surface area (TPSA) is 67.4 Å². The molecule has 2 amide bonds. The third kappa shape index (κ3) is 5.17. The highest BCUT2D eigenvalue weighted by molar-refractivity contribution is 5.85. The molecule has 0 heterocycles. The standard InChI is InChI=1S/C12H13F3N2O3/c1-16-10(18)6-17-11(19)7-20-9-4-2-8(3-5-9)12(13,14)15/h2-5H,6-7H2,1H3,(H,16,18)(H,17,19). The summed E-state index contributed by atoms with van der Waals surface area (Å²) in [5.41, 5.74) is -0.797. The Labute approximate surface area is 113 Å². The highest BCUT2D eigenvalue weighted by Gasteiger charge is 2.30. The van der Waals surface area contributed by atoms with Gasteiger partial charge in [-0.15, -0.1) is 0 Å². The van der Waals surface area contributed by atoms with Crippen LogP contribution in [0.4, 0.5) is 13.2 Å². The van der Waals surface area contributed by atoms with Crippen molar-refractivity contribution in [2.24, 2.45) is 0 Å². The number of likely N-dealkylation sites (N-methyl/N-ethyl adjacent to an activating group) is 1. The number of hydrogen-bond acceptors (Lipinski definition) is 3. The van der Waals surface area contributed by atoms with E-state index >= 15 is 0 Å². The number of benzene rings is 1. The van der Waals surface area contributed by atoms with Crippen LogP contribution in [-0.4, -0.2) is 32.0 Å². The zero-order chi connectivity index (χ0) is 15.2. The molecule has 1 rings (SSSR count). The molecule has 0 aliphatic carbocycles. The lowest BCUT2D eigenvalue weighted by Crippen LogP contribution is -2.37. The second-order valence-corrected chi connectivity index (χ2v) is 3.76. The summed E-state index contributed by atoms with van der Waals surface area (Å²) < 4.78 is 41.9. The molecule has 8 heteroatoms. The van der Waals surface area contributed by atoms with Gasteiger partial charge in [-0.05, 0) is 24.3 Å². The van der Waals surface area contributed by atoms with Crippen molar-refractivity contribution < 1.29 is 27.5 Å². The normalized spacial score (nSPS) is 10.8. The number of halogens is 3. The van der Waals surface area contributed by atoms with Crippen molar-refractivity contribution in [1.82, 2.24) is 10.6 Å². The SMILES string of the molecule is CNC(=O)CNC(=O)COc1ccc(C(F)(F)F)cc1. The van der Waals surface area contributed by atoms with Gasteiger partial charge in [0.1, 0.15) is 5.75 Å². The van der Waals surface area contributed by atoms with Gasteiger partial charge in [0.15, 0.2) is 6.61 Å². The number of rotatable bonds is 5. The van der Waals surface area contributed by atoms with Crippen molar-refractivity contribution in [3.05, 3.63) is 29.8 Å². The molecule has 0 radical (unpaired) electrons. The van der Waals surface area contributed by atoms with Crippen molar-refractivity contribution in [3.63, 3.8) is 0 Å². The van der Waals surface area contributed by atoms with Gasteiger partial charge in [-0.3, -0.25) is 9.59 Å². The smallest absolute Gasteiger partial charge is 0.416 e. The van der Waals surface area contributed by atoms with Crippen molar-refractivity contribution in [1.29, 1.82) is 0 Å². The number of amides is 2. The molecule has 5 nitrogen and oxygen atoms in total. The zero-order valence-electron chi connectivity index (χ0n) is 10.6. The highest BCUT2D eigenvalue weighted by atomic mass is 19.4. The largest absolute Gasteiger partial charge is 0.484 e. The zero-order valence-corrected chi connectivity index (χ0v) is 10.6. The predicted octanol–water partition coefficient (Wildman–Crippen LogP) is 0.946. The Bertz CT molecular complexity index is 472. The number of carbonyl (C=O) groups excluding carboxylic acids is 2. The summed E-state index contributed by atoms with van der Waals surface area (Å²) in [5, 5.41) is 4.60. The average Bonchev–Trinajstić information content (AvgIpc) is 2.41. The molecule has 0 saturated carbocycles. The lowest BCUT2D eigenvalue weighted by atomic mass is 10.2. The molecule has 1 aromatic rings. The molecule has 0 fully saturated rings. The number of carbonyl (C=O) groups is 2. The molecule has 0 aliphatic rings. The van der Waals surface area contributed by atoms with Crippen LogP contribution in [0.5, 0.6) is 5.75 Å². The van der Waals surface area contributed by atoms with Gasteiger partial charge in [0, 0.05) is 7.05 Å². The number of alkyl halides is 3. The molecule has 0 bridgehead atoms. The minimum absolute atomic E-state index is 0.132. The molecular weight excluding hydrogens is 277 g/mol. The molecule has 2 N–H and O–H groups in total. The van der Waals surface area contributed by atoms with Crippen LogP contribution in [0.25, 0.3) is 0 Å². The van der Waals surface area contributed by atoms with Crippen LogP contribution in [0.3, 0.4) is 0 Å². The van der Waals surface area contributed by atoms with Crippen molar-refractivity contribution >= 4 is 11.8 Å². The van der Waals surface area contributed by atoms with Crippen LogP contribution >= 0.6 is 0 Å². The van der Waals surface area contributed by atoms with E-state index in [2.05, 4.69) is 10.6 Å². The van der Waals surface area contributed by atoms with Gasteiger partial charge < -0.3 is 15.4 Å². The first-order chi connectivity index (χ1) is 9.32. The van der Waals surface area contributed by atoms with E-state index in [4.69, 9.17) is 4.74 Å². The summed E-state index contributed by atoms with van der Waals surface area (Å²) >= 11 is 0. The number of nitrogens with one attached hydrogen (secondary N) is 2. The first-order valence-corrected chi connectivity index (χ1v) is 5.60. The Kier molecular flexibility index (Phi) is 5.36. The van der Waals surface area contributed by atoms with E-state index in [9.17, 15) is 22.8 Å². The fourth-order valence-electron chi connectivity index (χ4n) is 1.21. The summed E-state index contributed by atoms with van der Waals surface area (Å²) in [5.74, 6) is -0.783. The lowest BCUT2D eigenvalue weighted by molar-refractivity contribution is -0.137. The van der Waals surface area contributed by atoms with E-state index in [1.807, 2.05) is 0 Å². The molecule has 0 saturated heterocycles. The fourth-order valence-corrected chi connectivity index (χ4v) is 1.21. The highest BCUT2D eigenvalue weighted by Crippen LogP contribution is 2.30. The summed E-state index contributed by atoms with van der Waals surface area (Å²) in [7, 11) is 1.42. The van der Waals surface area contributed by atoms with E-state index in [0.29, 0.717) is 0 Å². The Morgan fingerprint density at radius 1 is 1.15 bits per heavy atom. The number of ether oxygens (including phenoxy) is 1. The predicted molar refractivity (Wildman–Crippen MR) is 64.0 cm³/mol. The summed E-state index contributed by atoms with van der Waals surface area (Å²) in [4.78, 5) is 22.1. The van der Waals surface area contributed by atoms with E-state index in [0.717, 1.165) is 24.3 Å². The summed E-state index contributed by atoms with van der Waals surface area (Å²) in [6, 6.07) is 3.96. The van der Waals surface area contributed by atoms with Crippen LogP contribution in [-0.2, 0) is 15.8 Å². The van der Waals surface area contributed by atoms with E-state index in [-0.39, 0.29) is 24.8 Å². The maximum atomic E-state index is 12.3. The fraction of sp³-hybridized carbons (Fsp3) is 0.333. The molecule has 0 spiro atoms. The molecule has 0 unspecified atom stereocenters. The monoisotopic (exact) mass is 290 g/mol. The minimum Gasteiger partial charge on any atom is -0.484 e. The van der Waals surface area contributed by atoms with Gasteiger partial charge in [-0.2, -0.15) is 13.2 Å². The first kappa shape index (κ1) is 15.8. The van der Waals surface area contributed by atoms with Crippen LogP contribution in [0, 0.1) is 0 Å². The van der Waals surface area contributed by atoms with Gasteiger partial charge in [-0.1, -0.05) is 0 Å². The van der Waals surface area contributed by atoms with Crippen molar-refractivity contribution in [2.45, 2.75) is 6.18 Å². The molecule has 0 aromatic heterocycles. The molecular formula is C12H13F3N2O3. The van der Waals surface area contributed by atoms with E-state index in [1.165, 1.54) is 7.05 Å². The Balaban J connectivity index is 2.42. The third-order valence-electron chi connectivity index (χ3n) is 2.28. The van der Waals surface area contributed by atoms with E-state index < -0.39 is 17.6 Å². The van der Waals surface area contributed by atoms with Crippen LogP contribution in [0.2, 0.25) is 0 Å². The minimum atomic E-state index is -4.41. The Morgan fingerprint density at radius 2 is 1.75 bits per heavy atom. The maximum absolute atomic E-state index is 12.3. The van der Waals surface area contributed by atoms with Gasteiger partial charge in [0.25, 0.3) is 5.91 Å². The lowest BCUT2D eigenvalue weighted by Gasteiger charge is -2.09. The molecule has 110 valence electrons. The van der Waals surface area contributed by atoms with Crippen LogP contribution < -0.4 is 15.4 Å². The summed E-state index contributed by atoms with van der Waals surface area (Å²) in [6.07, 6.45) is -4.41. The first-order valence-electron chi connectivity index (χ1n) is 5.60. The Hall–Kier alpha value is -2.25. The van der Waals surface area contributed by atoms with Gasteiger partial charge in [0.05, 0.1) is 12.1 Å². The summed E-state index contributed by atoms with van der Waals surface area (Å²) in [6.45, 7) is -0.575. The van der Waals surface area contributed by atoms with Crippen LogP contribution in [0.15, 0.2) is 24.3 Å². The molecule has 0 aliphatic heterocycles. The second kappa shape index (κ2) is 6.78. The van der Waals surface area contributed by atoms with Gasteiger partial charge in [-0.25, -0.2) is 0 Å². The average molecular weight is 290 g/mol. The maximum Gasteiger partial charge on any atom is 0.416 e. The molecule has 20 heavy (non-hydrogen) atoms. The second-order valence-electron chi connectivity index (χ2n) is 3.76. The Morgan fingerprint density at radius 3 is 2.25 bits per heavy atom. The van der Waals surface area contributed by atoms with Gasteiger partial charge in [0.2, 0.25) is 5.91 Å². The molecule has 0 atom stereocenters. The number of hydrogen-bond donors (Lipinski definition) is 2. The van der Waals surface area contributed by atoms with Gasteiger partial charge >= 0.3 is 6.18 Å². The third-order valence-corrected chi connectivity index (χ3v) is 2.28. The quantitative estimate of drug-likeness (QED) is 0.848. The molecule has 1 aromatic carbocycles.